The van der Waals surface area contributed by atoms with E-state index < -0.39 is 5.54 Å². The maximum absolute atomic E-state index is 13.0. The summed E-state index contributed by atoms with van der Waals surface area (Å²) in [6, 6.07) is -0.385. The van der Waals surface area contributed by atoms with E-state index in [1.54, 1.807) is 16.2 Å². The highest BCUT2D eigenvalue weighted by Crippen LogP contribution is 2.34. The third kappa shape index (κ3) is 2.48. The van der Waals surface area contributed by atoms with Crippen molar-refractivity contribution < 1.29 is 9.59 Å². The van der Waals surface area contributed by atoms with E-state index in [1.807, 2.05) is 6.92 Å². The zero-order valence-electron chi connectivity index (χ0n) is 12.6. The minimum atomic E-state index is -0.633. The van der Waals surface area contributed by atoms with Crippen LogP contribution in [0.15, 0.2) is 10.8 Å². The van der Waals surface area contributed by atoms with Crippen LogP contribution >= 0.6 is 11.3 Å². The molecule has 2 amide bonds. The van der Waals surface area contributed by atoms with E-state index in [-0.39, 0.29) is 17.9 Å². The molecule has 2 heterocycles. The van der Waals surface area contributed by atoms with Crippen LogP contribution in [-0.4, -0.2) is 28.3 Å². The van der Waals surface area contributed by atoms with E-state index in [1.165, 1.54) is 5.56 Å². The van der Waals surface area contributed by atoms with Crippen molar-refractivity contribution in [3.05, 3.63) is 21.9 Å². The first-order chi connectivity index (χ1) is 10.0. The number of amides is 2. The molecule has 1 saturated heterocycles. The number of piperazine rings is 1. The van der Waals surface area contributed by atoms with Gasteiger partial charge in [0.15, 0.2) is 0 Å². The summed E-state index contributed by atoms with van der Waals surface area (Å²) in [5, 5.41) is 7.19. The number of nitrogens with zero attached hydrogens (tertiary/aromatic N) is 1. The number of hydrogen-bond donors (Lipinski definition) is 1. The molecule has 5 heteroatoms. The summed E-state index contributed by atoms with van der Waals surface area (Å²) in [5.74, 6) is 0.101. The van der Waals surface area contributed by atoms with Crippen LogP contribution in [0.25, 0.3) is 0 Å². The van der Waals surface area contributed by atoms with Gasteiger partial charge < -0.3 is 10.2 Å². The maximum atomic E-state index is 13.0. The molecule has 21 heavy (non-hydrogen) atoms. The van der Waals surface area contributed by atoms with Gasteiger partial charge in [-0.1, -0.05) is 19.3 Å². The first-order valence-electron chi connectivity index (χ1n) is 7.68. The summed E-state index contributed by atoms with van der Waals surface area (Å²) in [4.78, 5) is 27.1. The van der Waals surface area contributed by atoms with Crippen molar-refractivity contribution in [2.45, 2.75) is 64.1 Å². The lowest BCUT2D eigenvalue weighted by atomic mass is 9.78. The van der Waals surface area contributed by atoms with Gasteiger partial charge >= 0.3 is 0 Å². The van der Waals surface area contributed by atoms with Crippen LogP contribution < -0.4 is 5.32 Å². The van der Waals surface area contributed by atoms with E-state index in [0.717, 1.165) is 37.7 Å². The third-order valence-corrected chi connectivity index (χ3v) is 5.80. The Morgan fingerprint density at radius 3 is 2.62 bits per heavy atom. The van der Waals surface area contributed by atoms with Crippen LogP contribution in [0.3, 0.4) is 0 Å². The second-order valence-electron chi connectivity index (χ2n) is 6.32. The lowest BCUT2D eigenvalue weighted by molar-refractivity contribution is -0.156. The summed E-state index contributed by atoms with van der Waals surface area (Å²) >= 11 is 1.65. The SMILES string of the molecule is Cc1cscc1CN1C(=O)C2(CCCCC2)NC(=O)C1C. The maximum Gasteiger partial charge on any atom is 0.249 e. The Labute approximate surface area is 129 Å². The van der Waals surface area contributed by atoms with Crippen molar-refractivity contribution in [2.75, 3.05) is 0 Å². The highest BCUT2D eigenvalue weighted by Gasteiger charge is 2.49. The van der Waals surface area contributed by atoms with Crippen LogP contribution in [-0.2, 0) is 16.1 Å². The standard InChI is InChI=1S/C16H22N2O2S/c1-11-9-21-10-13(11)8-18-12(2)14(19)17-16(15(18)20)6-4-3-5-7-16/h9-10,12H,3-8H2,1-2H3,(H,17,19). The van der Waals surface area contributed by atoms with Gasteiger partial charge in [0.2, 0.25) is 11.8 Å². The van der Waals surface area contributed by atoms with Crippen molar-refractivity contribution in [3.8, 4) is 0 Å². The summed E-state index contributed by atoms with van der Waals surface area (Å²) in [5.41, 5.74) is 1.72. The molecule has 1 atom stereocenters. The normalized spacial score (nSPS) is 25.2. The molecule has 1 N–H and O–H groups in total. The van der Waals surface area contributed by atoms with Gasteiger partial charge in [-0.25, -0.2) is 0 Å². The van der Waals surface area contributed by atoms with Crippen LogP contribution in [0.2, 0.25) is 0 Å². The average Bonchev–Trinajstić information content (AvgIpc) is 2.88. The molecule has 1 saturated carbocycles. The molecule has 0 aromatic carbocycles. The molecule has 2 aliphatic rings. The number of thiophene rings is 1. The molecule has 4 nitrogen and oxygen atoms in total. The van der Waals surface area contributed by atoms with Crippen molar-refractivity contribution in [1.82, 2.24) is 10.2 Å². The molecular formula is C16H22N2O2S. The van der Waals surface area contributed by atoms with E-state index in [2.05, 4.69) is 23.0 Å². The van der Waals surface area contributed by atoms with Crippen molar-refractivity contribution in [1.29, 1.82) is 0 Å². The predicted molar refractivity (Wildman–Crippen MR) is 83.0 cm³/mol. The predicted octanol–water partition coefficient (Wildman–Crippen LogP) is 2.61. The first kappa shape index (κ1) is 14.6. The molecule has 1 aliphatic carbocycles. The van der Waals surface area contributed by atoms with Gasteiger partial charge in [-0.2, -0.15) is 11.3 Å². The number of hydrogen-bond acceptors (Lipinski definition) is 3. The first-order valence-corrected chi connectivity index (χ1v) is 8.62. The average molecular weight is 306 g/mol. The summed E-state index contributed by atoms with van der Waals surface area (Å²) in [7, 11) is 0. The number of aryl methyl sites for hydroxylation is 1. The van der Waals surface area contributed by atoms with Crippen molar-refractivity contribution >= 4 is 23.2 Å². The van der Waals surface area contributed by atoms with Gasteiger partial charge in [0, 0.05) is 6.54 Å². The lowest BCUT2D eigenvalue weighted by Crippen LogP contribution is -2.69. The van der Waals surface area contributed by atoms with Crippen LogP contribution in [0.5, 0.6) is 0 Å². The molecule has 114 valence electrons. The van der Waals surface area contributed by atoms with E-state index >= 15 is 0 Å². The van der Waals surface area contributed by atoms with Crippen LogP contribution in [0, 0.1) is 6.92 Å². The molecule has 3 rings (SSSR count). The lowest BCUT2D eigenvalue weighted by Gasteiger charge is -2.46. The van der Waals surface area contributed by atoms with E-state index in [0.29, 0.717) is 6.54 Å². The fourth-order valence-electron chi connectivity index (χ4n) is 3.42. The molecule has 1 aromatic heterocycles. The van der Waals surface area contributed by atoms with E-state index in [9.17, 15) is 9.59 Å². The summed E-state index contributed by atoms with van der Waals surface area (Å²) < 4.78 is 0. The van der Waals surface area contributed by atoms with Gasteiger partial charge in [0.05, 0.1) is 0 Å². The van der Waals surface area contributed by atoms with Crippen molar-refractivity contribution in [2.24, 2.45) is 0 Å². The summed E-state index contributed by atoms with van der Waals surface area (Å²) in [6.07, 6.45) is 4.76. The second kappa shape index (κ2) is 5.44. The van der Waals surface area contributed by atoms with Crippen molar-refractivity contribution in [3.63, 3.8) is 0 Å². The Kier molecular flexibility index (Phi) is 3.78. The zero-order chi connectivity index (χ0) is 15.0. The smallest absolute Gasteiger partial charge is 0.249 e. The monoisotopic (exact) mass is 306 g/mol. The van der Waals surface area contributed by atoms with Crippen LogP contribution in [0.1, 0.15) is 50.2 Å². The van der Waals surface area contributed by atoms with Gasteiger partial charge in [-0.05, 0) is 48.6 Å². The fraction of sp³-hybridized carbons (Fsp3) is 0.625. The number of carbonyl (C=O) groups excluding carboxylic acids is 2. The molecule has 1 spiro atoms. The van der Waals surface area contributed by atoms with Gasteiger partial charge in [0.25, 0.3) is 0 Å². The minimum absolute atomic E-state index is 0.00983. The molecular weight excluding hydrogens is 284 g/mol. The Morgan fingerprint density at radius 1 is 1.29 bits per heavy atom. The Bertz CT molecular complexity index is 560. The largest absolute Gasteiger partial charge is 0.340 e. The quantitative estimate of drug-likeness (QED) is 0.913. The minimum Gasteiger partial charge on any atom is -0.340 e. The van der Waals surface area contributed by atoms with Crippen LogP contribution in [0.4, 0.5) is 0 Å². The Hall–Kier alpha value is -1.36. The Morgan fingerprint density at radius 2 is 2.00 bits per heavy atom. The molecule has 1 aliphatic heterocycles. The van der Waals surface area contributed by atoms with Gasteiger partial charge in [-0.3, -0.25) is 9.59 Å². The highest BCUT2D eigenvalue weighted by atomic mass is 32.1. The Balaban J connectivity index is 1.88. The molecule has 1 unspecified atom stereocenters. The fourth-order valence-corrected chi connectivity index (χ4v) is 4.27. The molecule has 0 bridgehead atoms. The number of rotatable bonds is 2. The van der Waals surface area contributed by atoms with Gasteiger partial charge in [0.1, 0.15) is 11.6 Å². The molecule has 2 fully saturated rings. The molecule has 1 aromatic rings. The second-order valence-corrected chi connectivity index (χ2v) is 7.06. The highest BCUT2D eigenvalue weighted by molar-refractivity contribution is 7.08. The van der Waals surface area contributed by atoms with Gasteiger partial charge in [-0.15, -0.1) is 0 Å². The van der Waals surface area contributed by atoms with E-state index in [4.69, 9.17) is 0 Å². The third-order valence-electron chi connectivity index (χ3n) is 4.89. The zero-order valence-corrected chi connectivity index (χ0v) is 13.5. The number of nitrogens with one attached hydrogen (secondary N) is 1. The molecule has 0 radical (unpaired) electrons. The number of carbonyl (C=O) groups is 2. The summed E-state index contributed by atoms with van der Waals surface area (Å²) in [6.45, 7) is 4.43. The topological polar surface area (TPSA) is 49.4 Å².